The average molecular weight is 329 g/mol. The van der Waals surface area contributed by atoms with E-state index in [1.165, 1.54) is 0 Å². The number of nitrogens with one attached hydrogen (secondary N) is 1. The fourth-order valence-corrected chi connectivity index (χ4v) is 2.15. The summed E-state index contributed by atoms with van der Waals surface area (Å²) in [5, 5.41) is 2.68. The monoisotopic (exact) mass is 328 g/mol. The highest BCUT2D eigenvalue weighted by atomic mass is 79.9. The van der Waals surface area contributed by atoms with Gasteiger partial charge in [0.15, 0.2) is 0 Å². The van der Waals surface area contributed by atoms with Crippen LogP contribution in [-0.2, 0) is 4.74 Å². The number of carbonyl (C=O) groups excluding carboxylic acids is 1. The molecule has 0 heterocycles. The summed E-state index contributed by atoms with van der Waals surface area (Å²) in [7, 11) is 0. The number of hydrogen-bond acceptors (Lipinski definition) is 3. The van der Waals surface area contributed by atoms with E-state index in [0.717, 1.165) is 15.6 Å². The minimum absolute atomic E-state index is 0.249. The molecule has 0 radical (unpaired) electrons. The fourth-order valence-electron chi connectivity index (χ4n) is 1.67. The Labute approximate surface area is 122 Å². The molecule has 1 atom stereocenters. The molecule has 5 heteroatoms. The molecule has 0 saturated carbocycles. The molecule has 0 spiro atoms. The normalized spacial score (nSPS) is 12.9. The van der Waals surface area contributed by atoms with Gasteiger partial charge in [-0.3, -0.25) is 0 Å². The second kappa shape index (κ2) is 6.39. The SMILES string of the molecule is Cc1cc(Br)ccc1C(N)CNC(=O)OC(C)(C)C. The molecule has 0 saturated heterocycles. The molecule has 3 N–H and O–H groups in total. The summed E-state index contributed by atoms with van der Waals surface area (Å²) in [4.78, 5) is 11.5. The minimum Gasteiger partial charge on any atom is -0.444 e. The molecule has 106 valence electrons. The van der Waals surface area contributed by atoms with Gasteiger partial charge in [0.2, 0.25) is 0 Å². The number of ether oxygens (including phenoxy) is 1. The van der Waals surface area contributed by atoms with Crippen molar-refractivity contribution in [2.45, 2.75) is 39.3 Å². The van der Waals surface area contributed by atoms with E-state index < -0.39 is 11.7 Å². The molecule has 0 aliphatic carbocycles. The lowest BCUT2D eigenvalue weighted by atomic mass is 10.0. The van der Waals surface area contributed by atoms with Gasteiger partial charge in [-0.05, 0) is 51.0 Å². The third-order valence-electron chi connectivity index (χ3n) is 2.50. The molecule has 0 bridgehead atoms. The van der Waals surface area contributed by atoms with Gasteiger partial charge in [0, 0.05) is 17.1 Å². The number of rotatable bonds is 3. The summed E-state index contributed by atoms with van der Waals surface area (Å²) in [5.41, 5.74) is 7.68. The minimum atomic E-state index is -0.498. The third-order valence-corrected chi connectivity index (χ3v) is 2.99. The molecule has 1 rings (SSSR count). The smallest absolute Gasteiger partial charge is 0.407 e. The molecule has 1 aromatic carbocycles. The Morgan fingerprint density at radius 2 is 2.11 bits per heavy atom. The molecule has 0 aliphatic rings. The van der Waals surface area contributed by atoms with Crippen LogP contribution in [0.3, 0.4) is 0 Å². The lowest BCUT2D eigenvalue weighted by molar-refractivity contribution is 0.0524. The molecule has 1 unspecified atom stereocenters. The summed E-state index contributed by atoms with van der Waals surface area (Å²) in [6, 6.07) is 5.65. The predicted molar refractivity (Wildman–Crippen MR) is 80.0 cm³/mol. The van der Waals surface area contributed by atoms with Crippen molar-refractivity contribution in [1.82, 2.24) is 5.32 Å². The maximum atomic E-state index is 11.5. The first-order valence-electron chi connectivity index (χ1n) is 6.17. The molecular formula is C14H21BrN2O2. The molecule has 0 aliphatic heterocycles. The zero-order valence-electron chi connectivity index (χ0n) is 11.8. The van der Waals surface area contributed by atoms with Gasteiger partial charge < -0.3 is 15.8 Å². The second-order valence-electron chi connectivity index (χ2n) is 5.49. The van der Waals surface area contributed by atoms with E-state index in [9.17, 15) is 4.79 Å². The van der Waals surface area contributed by atoms with Crippen molar-refractivity contribution < 1.29 is 9.53 Å². The first-order valence-corrected chi connectivity index (χ1v) is 6.97. The fraction of sp³-hybridized carbons (Fsp3) is 0.500. The maximum Gasteiger partial charge on any atom is 0.407 e. The summed E-state index contributed by atoms with van der Waals surface area (Å²) in [6.45, 7) is 7.81. The van der Waals surface area contributed by atoms with Crippen LogP contribution >= 0.6 is 15.9 Å². The number of amides is 1. The van der Waals surface area contributed by atoms with Crippen molar-refractivity contribution in [2.75, 3.05) is 6.54 Å². The Bertz CT molecular complexity index is 455. The third kappa shape index (κ3) is 5.61. The van der Waals surface area contributed by atoms with Gasteiger partial charge >= 0.3 is 6.09 Å². The second-order valence-corrected chi connectivity index (χ2v) is 6.41. The van der Waals surface area contributed by atoms with Gasteiger partial charge in [0.05, 0.1) is 0 Å². The molecule has 1 aromatic rings. The van der Waals surface area contributed by atoms with Crippen molar-refractivity contribution in [2.24, 2.45) is 5.73 Å². The largest absolute Gasteiger partial charge is 0.444 e. The number of hydrogen-bond donors (Lipinski definition) is 2. The number of nitrogens with two attached hydrogens (primary N) is 1. The van der Waals surface area contributed by atoms with Crippen LogP contribution < -0.4 is 11.1 Å². The van der Waals surface area contributed by atoms with E-state index in [0.29, 0.717) is 6.54 Å². The number of halogens is 1. The first-order chi connectivity index (χ1) is 8.69. The molecule has 4 nitrogen and oxygen atoms in total. The van der Waals surface area contributed by atoms with E-state index in [-0.39, 0.29) is 6.04 Å². The van der Waals surface area contributed by atoms with Gasteiger partial charge in [0.25, 0.3) is 0 Å². The van der Waals surface area contributed by atoms with Gasteiger partial charge in [-0.1, -0.05) is 22.0 Å². The van der Waals surface area contributed by atoms with Crippen LogP contribution in [0.1, 0.15) is 37.9 Å². The Balaban J connectivity index is 2.56. The summed E-state index contributed by atoms with van der Waals surface area (Å²) in [5.74, 6) is 0. The van der Waals surface area contributed by atoms with Crippen molar-refractivity contribution in [3.63, 3.8) is 0 Å². The van der Waals surface area contributed by atoms with Crippen molar-refractivity contribution in [3.05, 3.63) is 33.8 Å². The molecule has 19 heavy (non-hydrogen) atoms. The number of carbonyl (C=O) groups is 1. The van der Waals surface area contributed by atoms with Crippen LogP contribution in [0.4, 0.5) is 4.79 Å². The standard InChI is InChI=1S/C14H21BrN2O2/c1-9-7-10(15)5-6-11(9)12(16)8-17-13(18)19-14(2,3)4/h5-7,12H,8,16H2,1-4H3,(H,17,18). The Kier molecular flexibility index (Phi) is 5.38. The lowest BCUT2D eigenvalue weighted by Crippen LogP contribution is -2.36. The Morgan fingerprint density at radius 1 is 1.47 bits per heavy atom. The average Bonchev–Trinajstić information content (AvgIpc) is 2.23. The summed E-state index contributed by atoms with van der Waals surface area (Å²) in [6.07, 6.45) is -0.447. The number of aryl methyl sites for hydroxylation is 1. The van der Waals surface area contributed by atoms with Crippen LogP contribution in [0, 0.1) is 6.92 Å². The topological polar surface area (TPSA) is 64.3 Å². The highest BCUT2D eigenvalue weighted by Gasteiger charge is 2.17. The van der Waals surface area contributed by atoms with Crippen LogP contribution in [0.2, 0.25) is 0 Å². The van der Waals surface area contributed by atoms with Crippen molar-refractivity contribution in [1.29, 1.82) is 0 Å². The first kappa shape index (κ1) is 16.0. The highest BCUT2D eigenvalue weighted by Crippen LogP contribution is 2.20. The van der Waals surface area contributed by atoms with Crippen LogP contribution in [-0.4, -0.2) is 18.2 Å². The van der Waals surface area contributed by atoms with Gasteiger partial charge in [-0.15, -0.1) is 0 Å². The highest BCUT2D eigenvalue weighted by molar-refractivity contribution is 9.10. The predicted octanol–water partition coefficient (Wildman–Crippen LogP) is 3.28. The Hall–Kier alpha value is -1.07. The van der Waals surface area contributed by atoms with E-state index >= 15 is 0 Å². The number of alkyl carbamates (subject to hydrolysis) is 1. The van der Waals surface area contributed by atoms with Crippen LogP contribution in [0.25, 0.3) is 0 Å². The lowest BCUT2D eigenvalue weighted by Gasteiger charge is -2.21. The van der Waals surface area contributed by atoms with E-state index in [2.05, 4.69) is 21.2 Å². The molecule has 0 aromatic heterocycles. The summed E-state index contributed by atoms with van der Waals surface area (Å²) < 4.78 is 6.18. The number of benzene rings is 1. The van der Waals surface area contributed by atoms with E-state index in [1.807, 2.05) is 45.9 Å². The molecule has 1 amide bonds. The summed E-state index contributed by atoms with van der Waals surface area (Å²) >= 11 is 3.41. The zero-order valence-corrected chi connectivity index (χ0v) is 13.4. The van der Waals surface area contributed by atoms with Gasteiger partial charge in [-0.25, -0.2) is 4.79 Å². The van der Waals surface area contributed by atoms with Crippen LogP contribution in [0.5, 0.6) is 0 Å². The van der Waals surface area contributed by atoms with Gasteiger partial charge in [-0.2, -0.15) is 0 Å². The van der Waals surface area contributed by atoms with Crippen LogP contribution in [0.15, 0.2) is 22.7 Å². The Morgan fingerprint density at radius 3 is 2.63 bits per heavy atom. The maximum absolute atomic E-state index is 11.5. The zero-order chi connectivity index (χ0) is 14.6. The van der Waals surface area contributed by atoms with Crippen molar-refractivity contribution >= 4 is 22.0 Å². The molecular weight excluding hydrogens is 308 g/mol. The van der Waals surface area contributed by atoms with E-state index in [1.54, 1.807) is 0 Å². The van der Waals surface area contributed by atoms with E-state index in [4.69, 9.17) is 10.5 Å². The van der Waals surface area contributed by atoms with Gasteiger partial charge in [0.1, 0.15) is 5.60 Å². The molecule has 0 fully saturated rings. The quantitative estimate of drug-likeness (QED) is 0.894. The van der Waals surface area contributed by atoms with Crippen molar-refractivity contribution in [3.8, 4) is 0 Å².